The molecule has 2 fully saturated rings. The van der Waals surface area contributed by atoms with E-state index >= 15 is 0 Å². The number of carbonyl (C=O) groups excluding carboxylic acids is 1. The first-order valence-electron chi connectivity index (χ1n) is 9.24. The Hall–Kier alpha value is -2.19. The predicted octanol–water partition coefficient (Wildman–Crippen LogP) is -1.99. The van der Waals surface area contributed by atoms with Crippen LogP contribution in [0.3, 0.4) is 0 Å². The third-order valence-electron chi connectivity index (χ3n) is 5.04. The minimum absolute atomic E-state index is 0.139. The number of aromatic nitrogens is 4. The summed E-state index contributed by atoms with van der Waals surface area (Å²) in [6.07, 6.45) is -1.19. The SMILES string of the molecule is Nc1ncnc2c1ncn2[C@@H]1O[C@H](COP(=O)(O)NC(=O)C2CCCN2)[C@@H](O)[C@H]1O. The highest BCUT2D eigenvalue weighted by molar-refractivity contribution is 7.51. The number of aliphatic hydroxyl groups is 2. The molecule has 0 radical (unpaired) electrons. The molecule has 2 aromatic rings. The summed E-state index contributed by atoms with van der Waals surface area (Å²) in [5.41, 5.74) is 6.32. The second-order valence-corrected chi connectivity index (χ2v) is 8.59. The van der Waals surface area contributed by atoms with E-state index in [0.29, 0.717) is 18.5 Å². The number of anilines is 1. The molecule has 164 valence electrons. The first-order valence-corrected chi connectivity index (χ1v) is 10.8. The maximum atomic E-state index is 12.2. The van der Waals surface area contributed by atoms with Crippen LogP contribution in [-0.4, -0.2) is 78.0 Å². The number of hydrogen-bond acceptors (Lipinski definition) is 11. The summed E-state index contributed by atoms with van der Waals surface area (Å²) in [5, 5.41) is 25.5. The Labute approximate surface area is 170 Å². The fraction of sp³-hybridized carbons (Fsp3) is 0.600. The summed E-state index contributed by atoms with van der Waals surface area (Å²) in [4.78, 5) is 33.9. The lowest BCUT2D eigenvalue weighted by Gasteiger charge is -2.19. The average molecular weight is 443 g/mol. The van der Waals surface area contributed by atoms with Crippen LogP contribution in [0.4, 0.5) is 5.82 Å². The summed E-state index contributed by atoms with van der Waals surface area (Å²) in [6.45, 7) is 0.0974. The van der Waals surface area contributed by atoms with Crippen molar-refractivity contribution >= 4 is 30.6 Å². The van der Waals surface area contributed by atoms with Crippen LogP contribution in [0.15, 0.2) is 12.7 Å². The van der Waals surface area contributed by atoms with Gasteiger partial charge in [0.1, 0.15) is 30.2 Å². The summed E-state index contributed by atoms with van der Waals surface area (Å²) in [6, 6.07) is -0.558. The van der Waals surface area contributed by atoms with Gasteiger partial charge < -0.3 is 30.9 Å². The number of aliphatic hydroxyl groups excluding tert-OH is 2. The third-order valence-corrected chi connectivity index (χ3v) is 6.04. The van der Waals surface area contributed by atoms with Gasteiger partial charge in [-0.3, -0.25) is 19.0 Å². The van der Waals surface area contributed by atoms with Gasteiger partial charge in [-0.2, -0.15) is 0 Å². The molecule has 2 aliphatic heterocycles. The van der Waals surface area contributed by atoms with Gasteiger partial charge >= 0.3 is 7.75 Å². The molecule has 6 atom stereocenters. The highest BCUT2D eigenvalue weighted by Crippen LogP contribution is 2.39. The van der Waals surface area contributed by atoms with Gasteiger partial charge in [-0.05, 0) is 19.4 Å². The van der Waals surface area contributed by atoms with Crippen LogP contribution in [0.5, 0.6) is 0 Å². The summed E-state index contributed by atoms with van der Waals surface area (Å²) in [5.74, 6) is -0.508. The fourth-order valence-electron chi connectivity index (χ4n) is 3.49. The van der Waals surface area contributed by atoms with E-state index in [0.717, 1.165) is 6.42 Å². The molecule has 4 rings (SSSR count). The van der Waals surface area contributed by atoms with Gasteiger partial charge in [-0.15, -0.1) is 0 Å². The number of amides is 1. The molecule has 0 aromatic carbocycles. The molecule has 7 N–H and O–H groups in total. The van der Waals surface area contributed by atoms with Crippen LogP contribution in [-0.2, 0) is 18.6 Å². The first-order chi connectivity index (χ1) is 14.3. The molecule has 1 amide bonds. The molecular formula is C15H22N7O7P. The van der Waals surface area contributed by atoms with Crippen LogP contribution in [0.1, 0.15) is 19.1 Å². The number of nitrogens with two attached hydrogens (primary N) is 1. The van der Waals surface area contributed by atoms with Crippen molar-refractivity contribution in [3.63, 3.8) is 0 Å². The Kier molecular flexibility index (Phi) is 5.72. The Morgan fingerprint density at radius 2 is 2.20 bits per heavy atom. The maximum absolute atomic E-state index is 12.2. The van der Waals surface area contributed by atoms with Gasteiger partial charge in [-0.25, -0.2) is 19.5 Å². The molecule has 30 heavy (non-hydrogen) atoms. The molecule has 2 saturated heterocycles. The number of imidazole rings is 1. The molecule has 0 aliphatic carbocycles. The summed E-state index contributed by atoms with van der Waals surface area (Å²) in [7, 11) is -4.49. The van der Waals surface area contributed by atoms with Gasteiger partial charge in [0, 0.05) is 0 Å². The molecule has 2 aromatic heterocycles. The highest BCUT2D eigenvalue weighted by atomic mass is 31.2. The summed E-state index contributed by atoms with van der Waals surface area (Å²) >= 11 is 0. The first kappa shape index (κ1) is 21.1. The van der Waals surface area contributed by atoms with Gasteiger partial charge in [0.15, 0.2) is 17.7 Å². The molecule has 0 spiro atoms. The molecule has 14 nitrogen and oxygen atoms in total. The van der Waals surface area contributed by atoms with Gasteiger partial charge in [0.25, 0.3) is 0 Å². The molecule has 0 bridgehead atoms. The van der Waals surface area contributed by atoms with Crippen LogP contribution in [0.25, 0.3) is 11.2 Å². The van der Waals surface area contributed by atoms with Gasteiger partial charge in [0.2, 0.25) is 5.91 Å². The lowest BCUT2D eigenvalue weighted by Crippen LogP contribution is -2.39. The Morgan fingerprint density at radius 3 is 2.93 bits per heavy atom. The van der Waals surface area contributed by atoms with E-state index in [1.807, 2.05) is 5.09 Å². The molecule has 2 unspecified atom stereocenters. The normalized spacial score (nSPS) is 31.1. The molecule has 0 saturated carbocycles. The number of fused-ring (bicyclic) bond motifs is 1. The van der Waals surface area contributed by atoms with Crippen molar-refractivity contribution in [2.45, 2.75) is 43.4 Å². The average Bonchev–Trinajstić information content (AvgIpc) is 3.42. The topological polar surface area (TPSA) is 207 Å². The number of nitrogen functional groups attached to an aromatic ring is 1. The highest BCUT2D eigenvalue weighted by Gasteiger charge is 2.45. The molecule has 2 aliphatic rings. The second kappa shape index (κ2) is 8.15. The largest absolute Gasteiger partial charge is 0.432 e. The number of ether oxygens (including phenoxy) is 1. The van der Waals surface area contributed by atoms with E-state index in [-0.39, 0.29) is 11.5 Å². The second-order valence-electron chi connectivity index (χ2n) is 7.07. The van der Waals surface area contributed by atoms with Crippen LogP contribution in [0.2, 0.25) is 0 Å². The predicted molar refractivity (Wildman–Crippen MR) is 101 cm³/mol. The van der Waals surface area contributed by atoms with Gasteiger partial charge in [-0.1, -0.05) is 0 Å². The summed E-state index contributed by atoms with van der Waals surface area (Å²) < 4.78 is 24.1. The van der Waals surface area contributed by atoms with Crippen LogP contribution < -0.4 is 16.1 Å². The molecule has 4 heterocycles. The zero-order valence-electron chi connectivity index (χ0n) is 15.7. The lowest BCUT2D eigenvalue weighted by atomic mass is 10.1. The van der Waals surface area contributed by atoms with E-state index in [1.165, 1.54) is 17.2 Å². The zero-order valence-corrected chi connectivity index (χ0v) is 16.6. The van der Waals surface area contributed by atoms with Crippen molar-refractivity contribution in [2.75, 3.05) is 18.9 Å². The van der Waals surface area contributed by atoms with E-state index in [2.05, 4.69) is 20.3 Å². The van der Waals surface area contributed by atoms with Crippen LogP contribution in [0, 0.1) is 0 Å². The van der Waals surface area contributed by atoms with Crippen LogP contribution >= 0.6 is 7.75 Å². The quantitative estimate of drug-likeness (QED) is 0.268. The number of nitrogens with one attached hydrogen (secondary N) is 2. The maximum Gasteiger partial charge on any atom is 0.432 e. The number of rotatable bonds is 6. The van der Waals surface area contributed by atoms with E-state index in [1.54, 1.807) is 0 Å². The van der Waals surface area contributed by atoms with Crippen molar-refractivity contribution in [3.8, 4) is 0 Å². The molecular weight excluding hydrogens is 421 g/mol. The monoisotopic (exact) mass is 443 g/mol. The van der Waals surface area contributed by atoms with Crippen molar-refractivity contribution in [3.05, 3.63) is 12.7 Å². The van der Waals surface area contributed by atoms with Crippen molar-refractivity contribution in [1.82, 2.24) is 29.9 Å². The molecule has 15 heteroatoms. The minimum atomic E-state index is -4.49. The number of hydrogen-bond donors (Lipinski definition) is 6. The Morgan fingerprint density at radius 1 is 1.40 bits per heavy atom. The standard InChI is InChI=1S/C15H22N7O7P/c16-12-9-13(19-5-18-12)22(6-20-9)15-11(24)10(23)8(29-15)4-28-30(26,27)21-14(25)7-2-1-3-17-7/h5-8,10-11,15,17,23-24H,1-4H2,(H2,16,18,19)(H2,21,25,26,27)/t7?,8-,10-,11-,15-/m1/s1. The third kappa shape index (κ3) is 4.03. The van der Waals surface area contributed by atoms with Gasteiger partial charge in [0.05, 0.1) is 19.0 Å². The number of nitrogens with zero attached hydrogens (tertiary/aromatic N) is 4. The smallest absolute Gasteiger partial charge is 0.387 e. The van der Waals surface area contributed by atoms with E-state index in [4.69, 9.17) is 15.0 Å². The fourth-order valence-corrected chi connectivity index (χ4v) is 4.33. The van der Waals surface area contributed by atoms with Crippen molar-refractivity contribution < 1.29 is 33.7 Å². The van der Waals surface area contributed by atoms with E-state index in [9.17, 15) is 24.5 Å². The lowest BCUT2D eigenvalue weighted by molar-refractivity contribution is -0.121. The van der Waals surface area contributed by atoms with Crippen molar-refractivity contribution in [2.24, 2.45) is 0 Å². The number of carbonyl (C=O) groups is 1. The minimum Gasteiger partial charge on any atom is -0.387 e. The van der Waals surface area contributed by atoms with E-state index < -0.39 is 50.8 Å². The zero-order chi connectivity index (χ0) is 21.5. The Balaban J connectivity index is 1.41. The van der Waals surface area contributed by atoms with Crippen molar-refractivity contribution in [1.29, 1.82) is 0 Å². The Bertz CT molecular complexity index is 981.